The third-order valence-corrected chi connectivity index (χ3v) is 7.48. The van der Waals surface area contributed by atoms with Crippen molar-refractivity contribution in [2.45, 2.75) is 31.6 Å². The number of rotatable bonds is 5. The Morgan fingerprint density at radius 1 is 0.917 bits per heavy atom. The van der Waals surface area contributed by atoms with Crippen molar-refractivity contribution in [3.8, 4) is 22.5 Å². The van der Waals surface area contributed by atoms with Gasteiger partial charge in [-0.3, -0.25) is 4.40 Å². The summed E-state index contributed by atoms with van der Waals surface area (Å²) in [4.78, 5) is 16.9. The number of pyridine rings is 1. The molecule has 0 radical (unpaired) electrons. The maximum absolute atomic E-state index is 6.43. The van der Waals surface area contributed by atoms with Gasteiger partial charge < -0.3 is 10.6 Å². The minimum atomic E-state index is 0.426. The minimum absolute atomic E-state index is 0.426. The third kappa shape index (κ3) is 4.22. The highest BCUT2D eigenvalue weighted by Gasteiger charge is 2.27. The van der Waals surface area contributed by atoms with Crippen LogP contribution in [-0.2, 0) is 0 Å². The van der Waals surface area contributed by atoms with E-state index in [1.165, 1.54) is 12.8 Å². The molecule has 1 aliphatic rings. The van der Waals surface area contributed by atoms with Crippen LogP contribution in [0.3, 0.4) is 0 Å². The van der Waals surface area contributed by atoms with Crippen LogP contribution in [0.4, 0.5) is 5.82 Å². The first-order chi connectivity index (χ1) is 17.6. The van der Waals surface area contributed by atoms with Crippen LogP contribution in [0, 0.1) is 5.92 Å². The number of aromatic nitrogens is 4. The Morgan fingerprint density at radius 3 is 2.47 bits per heavy atom. The Balaban J connectivity index is 1.40. The number of hydrogen-bond acceptors (Lipinski definition) is 5. The predicted molar refractivity (Wildman–Crippen MR) is 147 cm³/mol. The van der Waals surface area contributed by atoms with Gasteiger partial charge in [0.2, 0.25) is 0 Å². The fraction of sp³-hybridized carbons (Fsp3) is 0.300. The van der Waals surface area contributed by atoms with E-state index in [0.29, 0.717) is 11.7 Å². The number of nitrogen functional groups attached to an aromatic ring is 1. The fourth-order valence-electron chi connectivity index (χ4n) is 5.73. The van der Waals surface area contributed by atoms with Gasteiger partial charge in [-0.1, -0.05) is 48.5 Å². The highest BCUT2D eigenvalue weighted by atomic mass is 15.1. The van der Waals surface area contributed by atoms with E-state index in [9.17, 15) is 0 Å². The van der Waals surface area contributed by atoms with Crippen LogP contribution >= 0.6 is 0 Å². The zero-order valence-electron chi connectivity index (χ0n) is 20.9. The molecule has 2 aromatic carbocycles. The topological polar surface area (TPSA) is 72.3 Å². The normalized spacial score (nSPS) is 18.3. The number of benzene rings is 2. The second-order valence-corrected chi connectivity index (χ2v) is 10.3. The summed E-state index contributed by atoms with van der Waals surface area (Å²) in [5.41, 5.74) is 12.3. The van der Waals surface area contributed by atoms with Crippen LogP contribution < -0.4 is 5.73 Å². The SMILES string of the molecule is CN(C)CC1CCC(c2nc(-c3ccc4ccc(-c5ccccc5)nc4c3)c3c(N)nccn23)CC1. The van der Waals surface area contributed by atoms with Gasteiger partial charge in [-0.25, -0.2) is 15.0 Å². The molecule has 0 amide bonds. The lowest BCUT2D eigenvalue weighted by Crippen LogP contribution is -2.25. The molecule has 6 heteroatoms. The molecule has 0 spiro atoms. The fourth-order valence-corrected chi connectivity index (χ4v) is 5.73. The van der Waals surface area contributed by atoms with Gasteiger partial charge in [0.25, 0.3) is 0 Å². The molecular weight excluding hydrogens is 444 g/mol. The standard InChI is InChI=1S/C30H32N6/c1-35(2)19-20-8-10-23(11-9-20)30-34-27(28-29(31)32-16-17-36(28)30)24-13-12-22-14-15-25(33-26(22)18-24)21-6-4-3-5-7-21/h3-7,12-18,20,23H,8-11,19H2,1-2H3,(H2,31,32). The summed E-state index contributed by atoms with van der Waals surface area (Å²) in [7, 11) is 4.33. The van der Waals surface area contributed by atoms with Crippen LogP contribution in [0.15, 0.2) is 73.1 Å². The van der Waals surface area contributed by atoms with E-state index < -0.39 is 0 Å². The number of nitrogens with two attached hydrogens (primary N) is 1. The molecule has 0 bridgehead atoms. The molecule has 5 aromatic rings. The lowest BCUT2D eigenvalue weighted by Gasteiger charge is -2.29. The van der Waals surface area contributed by atoms with E-state index >= 15 is 0 Å². The first-order valence-corrected chi connectivity index (χ1v) is 12.8. The Kier molecular flexibility index (Phi) is 5.89. The van der Waals surface area contributed by atoms with E-state index in [-0.39, 0.29) is 0 Å². The van der Waals surface area contributed by atoms with Crippen molar-refractivity contribution in [2.75, 3.05) is 26.4 Å². The van der Waals surface area contributed by atoms with Crippen molar-refractivity contribution in [3.05, 3.63) is 78.9 Å². The molecule has 0 atom stereocenters. The maximum atomic E-state index is 6.43. The average molecular weight is 477 g/mol. The molecule has 0 saturated heterocycles. The minimum Gasteiger partial charge on any atom is -0.382 e. The number of hydrogen-bond donors (Lipinski definition) is 1. The molecule has 1 aliphatic carbocycles. The van der Waals surface area contributed by atoms with Gasteiger partial charge in [0.1, 0.15) is 22.9 Å². The third-order valence-electron chi connectivity index (χ3n) is 7.48. The molecule has 6 rings (SSSR count). The summed E-state index contributed by atoms with van der Waals surface area (Å²) in [5, 5.41) is 1.10. The van der Waals surface area contributed by atoms with Gasteiger partial charge >= 0.3 is 0 Å². The lowest BCUT2D eigenvalue weighted by molar-refractivity contribution is 0.246. The molecule has 1 fully saturated rings. The van der Waals surface area contributed by atoms with Crippen molar-refractivity contribution in [3.63, 3.8) is 0 Å². The quantitative estimate of drug-likeness (QED) is 0.335. The number of nitrogens with zero attached hydrogens (tertiary/aromatic N) is 5. The second-order valence-electron chi connectivity index (χ2n) is 10.3. The molecule has 3 heterocycles. The summed E-state index contributed by atoms with van der Waals surface area (Å²) in [6.45, 7) is 1.16. The second kappa shape index (κ2) is 9.36. The highest BCUT2D eigenvalue weighted by molar-refractivity contribution is 5.91. The summed E-state index contributed by atoms with van der Waals surface area (Å²) in [5.74, 6) is 2.80. The maximum Gasteiger partial charge on any atom is 0.150 e. The van der Waals surface area contributed by atoms with Gasteiger partial charge in [-0.2, -0.15) is 0 Å². The largest absolute Gasteiger partial charge is 0.382 e. The van der Waals surface area contributed by atoms with Crippen molar-refractivity contribution in [1.29, 1.82) is 0 Å². The zero-order chi connectivity index (χ0) is 24.6. The van der Waals surface area contributed by atoms with E-state index in [0.717, 1.165) is 70.1 Å². The Hall–Kier alpha value is -3.77. The van der Waals surface area contributed by atoms with Crippen LogP contribution in [0.2, 0.25) is 0 Å². The number of imidazole rings is 1. The van der Waals surface area contributed by atoms with Crippen LogP contribution in [-0.4, -0.2) is 44.9 Å². The van der Waals surface area contributed by atoms with Crippen molar-refractivity contribution in [1.82, 2.24) is 24.3 Å². The van der Waals surface area contributed by atoms with Crippen LogP contribution in [0.25, 0.3) is 38.9 Å². The average Bonchev–Trinajstić information content (AvgIpc) is 3.30. The van der Waals surface area contributed by atoms with Crippen molar-refractivity contribution >= 4 is 22.2 Å². The van der Waals surface area contributed by atoms with Gasteiger partial charge in [0, 0.05) is 41.4 Å². The number of anilines is 1. The summed E-state index contributed by atoms with van der Waals surface area (Å²) in [6.07, 6.45) is 8.56. The molecule has 2 N–H and O–H groups in total. The highest BCUT2D eigenvalue weighted by Crippen LogP contribution is 2.39. The summed E-state index contributed by atoms with van der Waals surface area (Å²) >= 11 is 0. The molecule has 0 unspecified atom stereocenters. The van der Waals surface area contributed by atoms with E-state index in [1.54, 1.807) is 6.20 Å². The summed E-state index contributed by atoms with van der Waals surface area (Å²) < 4.78 is 2.17. The van der Waals surface area contributed by atoms with Gasteiger partial charge in [-0.15, -0.1) is 0 Å². The van der Waals surface area contributed by atoms with Gasteiger partial charge in [-0.05, 0) is 57.8 Å². The van der Waals surface area contributed by atoms with Crippen LogP contribution in [0.5, 0.6) is 0 Å². The zero-order valence-corrected chi connectivity index (χ0v) is 20.9. The van der Waals surface area contributed by atoms with Crippen LogP contribution in [0.1, 0.15) is 37.4 Å². The Bertz CT molecular complexity index is 1510. The van der Waals surface area contributed by atoms with Gasteiger partial charge in [0.05, 0.1) is 11.2 Å². The molecule has 1 saturated carbocycles. The molecule has 182 valence electrons. The summed E-state index contributed by atoms with van der Waals surface area (Å²) in [6, 6.07) is 20.9. The molecule has 0 aliphatic heterocycles. The monoisotopic (exact) mass is 476 g/mol. The van der Waals surface area contributed by atoms with E-state index in [2.05, 4.69) is 70.8 Å². The molecule has 3 aromatic heterocycles. The molecule has 36 heavy (non-hydrogen) atoms. The van der Waals surface area contributed by atoms with E-state index in [4.69, 9.17) is 15.7 Å². The Labute approximate surface area is 211 Å². The first kappa shape index (κ1) is 22.7. The smallest absolute Gasteiger partial charge is 0.150 e. The van der Waals surface area contributed by atoms with Crippen molar-refractivity contribution < 1.29 is 0 Å². The van der Waals surface area contributed by atoms with Crippen molar-refractivity contribution in [2.24, 2.45) is 5.92 Å². The Morgan fingerprint density at radius 2 is 1.69 bits per heavy atom. The molecular formula is C30H32N6. The van der Waals surface area contributed by atoms with Gasteiger partial charge in [0.15, 0.2) is 0 Å². The first-order valence-electron chi connectivity index (χ1n) is 12.8. The number of fused-ring (bicyclic) bond motifs is 2. The lowest BCUT2D eigenvalue weighted by atomic mass is 9.81. The van der Waals surface area contributed by atoms with E-state index in [1.807, 2.05) is 24.4 Å². The predicted octanol–water partition coefficient (Wildman–Crippen LogP) is 6.03. The molecule has 6 nitrogen and oxygen atoms in total.